The lowest BCUT2D eigenvalue weighted by molar-refractivity contribution is 0.460. The van der Waals surface area contributed by atoms with E-state index in [4.69, 9.17) is 11.6 Å². The molecule has 0 spiro atoms. The Kier molecular flexibility index (Phi) is 3.37. The van der Waals surface area contributed by atoms with E-state index in [1.807, 2.05) is 12.1 Å². The Balaban J connectivity index is 2.22. The lowest BCUT2D eigenvalue weighted by Crippen LogP contribution is -2.26. The molecular formula is C11H14ClNS. The van der Waals surface area contributed by atoms with Crippen LogP contribution in [0.3, 0.4) is 0 Å². The van der Waals surface area contributed by atoms with Gasteiger partial charge in [0.15, 0.2) is 0 Å². The average Bonchev–Trinajstić information content (AvgIpc) is 2.19. The van der Waals surface area contributed by atoms with Crippen molar-refractivity contribution in [2.45, 2.75) is 23.7 Å². The summed E-state index contributed by atoms with van der Waals surface area (Å²) in [4.78, 5) is 0.938. The summed E-state index contributed by atoms with van der Waals surface area (Å²) in [6.07, 6.45) is 2.37. The third-order valence-electron chi connectivity index (χ3n) is 2.76. The molecule has 0 aliphatic carbocycles. The number of thiol groups is 1. The summed E-state index contributed by atoms with van der Waals surface area (Å²) >= 11 is 10.5. The fraction of sp³-hybridized carbons (Fsp3) is 0.455. The molecule has 1 aliphatic heterocycles. The molecule has 3 heteroatoms. The predicted octanol–water partition coefficient (Wildman–Crippen LogP) is 3.10. The van der Waals surface area contributed by atoms with Crippen LogP contribution >= 0.6 is 24.2 Å². The molecule has 1 aliphatic rings. The lowest BCUT2D eigenvalue weighted by Gasteiger charge is -2.23. The molecule has 1 saturated heterocycles. The van der Waals surface area contributed by atoms with Crippen molar-refractivity contribution in [3.63, 3.8) is 0 Å². The third-order valence-corrected chi connectivity index (χ3v) is 3.37. The fourth-order valence-electron chi connectivity index (χ4n) is 1.98. The molecule has 0 amide bonds. The smallest absolute Gasteiger partial charge is 0.0451 e. The molecule has 1 nitrogen and oxygen atoms in total. The van der Waals surface area contributed by atoms with Crippen molar-refractivity contribution >= 4 is 24.2 Å². The minimum absolute atomic E-state index is 0.623. The first-order chi connectivity index (χ1) is 6.77. The Morgan fingerprint density at radius 2 is 2.00 bits per heavy atom. The largest absolute Gasteiger partial charge is 0.317 e. The number of hydrogen-bond donors (Lipinski definition) is 2. The molecule has 0 atom stereocenters. The van der Waals surface area contributed by atoms with Gasteiger partial charge in [-0.25, -0.2) is 0 Å². The molecule has 76 valence electrons. The van der Waals surface area contributed by atoms with Gasteiger partial charge in [0.1, 0.15) is 0 Å². The van der Waals surface area contributed by atoms with Crippen LogP contribution in [0.1, 0.15) is 24.3 Å². The first-order valence-electron chi connectivity index (χ1n) is 4.96. The van der Waals surface area contributed by atoms with E-state index in [0.29, 0.717) is 5.92 Å². The number of benzene rings is 1. The first-order valence-corrected chi connectivity index (χ1v) is 5.79. The average molecular weight is 228 g/mol. The number of halogens is 1. The zero-order chi connectivity index (χ0) is 9.97. The van der Waals surface area contributed by atoms with Crippen LogP contribution in [0.15, 0.2) is 23.1 Å². The Labute approximate surface area is 95.3 Å². The van der Waals surface area contributed by atoms with Crippen molar-refractivity contribution < 1.29 is 0 Å². The molecule has 14 heavy (non-hydrogen) atoms. The maximum absolute atomic E-state index is 6.19. The molecule has 1 heterocycles. The maximum atomic E-state index is 6.19. The van der Waals surface area contributed by atoms with Gasteiger partial charge in [0, 0.05) is 9.92 Å². The van der Waals surface area contributed by atoms with Gasteiger partial charge in [-0.05, 0) is 49.5 Å². The molecule has 1 aromatic rings. The van der Waals surface area contributed by atoms with Crippen LogP contribution in [-0.4, -0.2) is 13.1 Å². The minimum atomic E-state index is 0.623. The second kappa shape index (κ2) is 4.56. The number of nitrogens with one attached hydrogen (secondary N) is 1. The lowest BCUT2D eigenvalue weighted by atomic mass is 9.90. The van der Waals surface area contributed by atoms with Crippen LogP contribution in [0.4, 0.5) is 0 Å². The molecule has 0 bridgehead atoms. The molecule has 0 radical (unpaired) electrons. The molecule has 0 saturated carbocycles. The third kappa shape index (κ3) is 2.25. The van der Waals surface area contributed by atoms with Gasteiger partial charge in [0.25, 0.3) is 0 Å². The van der Waals surface area contributed by atoms with Crippen LogP contribution < -0.4 is 5.32 Å². The normalized spacial score (nSPS) is 18.4. The van der Waals surface area contributed by atoms with E-state index in [2.05, 4.69) is 24.0 Å². The highest BCUT2D eigenvalue weighted by Gasteiger charge is 2.17. The quantitative estimate of drug-likeness (QED) is 0.703. The van der Waals surface area contributed by atoms with Crippen molar-refractivity contribution in [3.8, 4) is 0 Å². The fourth-order valence-corrected chi connectivity index (χ4v) is 2.59. The highest BCUT2D eigenvalue weighted by molar-refractivity contribution is 7.80. The first kappa shape index (κ1) is 10.3. The second-order valence-corrected chi connectivity index (χ2v) is 4.65. The number of hydrogen-bond acceptors (Lipinski definition) is 2. The van der Waals surface area contributed by atoms with E-state index >= 15 is 0 Å². The highest BCUT2D eigenvalue weighted by Crippen LogP contribution is 2.32. The monoisotopic (exact) mass is 227 g/mol. The molecule has 1 fully saturated rings. The van der Waals surface area contributed by atoms with Crippen molar-refractivity contribution in [2.75, 3.05) is 13.1 Å². The van der Waals surface area contributed by atoms with Gasteiger partial charge in [0.05, 0.1) is 0 Å². The van der Waals surface area contributed by atoms with Crippen LogP contribution in [0.2, 0.25) is 5.02 Å². The van der Waals surface area contributed by atoms with Gasteiger partial charge < -0.3 is 5.32 Å². The van der Waals surface area contributed by atoms with Crippen LogP contribution in [0.5, 0.6) is 0 Å². The summed E-state index contributed by atoms with van der Waals surface area (Å²) in [5.74, 6) is 0.623. The summed E-state index contributed by atoms with van der Waals surface area (Å²) < 4.78 is 0. The standard InChI is InChI=1S/C11H14ClNS/c12-11-7-9(14)1-2-10(11)8-3-5-13-6-4-8/h1-2,7-8,13-14H,3-6H2. The molecule has 2 rings (SSSR count). The zero-order valence-electron chi connectivity index (χ0n) is 7.96. The summed E-state index contributed by atoms with van der Waals surface area (Å²) in [5, 5.41) is 4.22. The molecule has 1 N–H and O–H groups in total. The van der Waals surface area contributed by atoms with Gasteiger partial charge >= 0.3 is 0 Å². The van der Waals surface area contributed by atoms with Crippen LogP contribution in [0, 0.1) is 0 Å². The molecular weight excluding hydrogens is 214 g/mol. The van der Waals surface area contributed by atoms with Crippen LogP contribution in [-0.2, 0) is 0 Å². The van der Waals surface area contributed by atoms with Crippen molar-refractivity contribution in [1.29, 1.82) is 0 Å². The molecule has 1 aromatic carbocycles. The minimum Gasteiger partial charge on any atom is -0.317 e. The molecule has 0 aromatic heterocycles. The van der Waals surface area contributed by atoms with E-state index in [1.54, 1.807) is 0 Å². The highest BCUT2D eigenvalue weighted by atomic mass is 35.5. The Morgan fingerprint density at radius 1 is 1.29 bits per heavy atom. The van der Waals surface area contributed by atoms with E-state index in [0.717, 1.165) is 23.0 Å². The van der Waals surface area contributed by atoms with Crippen molar-refractivity contribution in [1.82, 2.24) is 5.32 Å². The molecule has 0 unspecified atom stereocenters. The number of piperidine rings is 1. The van der Waals surface area contributed by atoms with Crippen molar-refractivity contribution in [2.24, 2.45) is 0 Å². The van der Waals surface area contributed by atoms with Gasteiger partial charge in [-0.2, -0.15) is 0 Å². The van der Waals surface area contributed by atoms with Gasteiger partial charge in [-0.1, -0.05) is 17.7 Å². The second-order valence-electron chi connectivity index (χ2n) is 3.73. The number of rotatable bonds is 1. The Hall–Kier alpha value is -0.180. The van der Waals surface area contributed by atoms with Crippen LogP contribution in [0.25, 0.3) is 0 Å². The Morgan fingerprint density at radius 3 is 2.64 bits per heavy atom. The predicted molar refractivity (Wildman–Crippen MR) is 63.5 cm³/mol. The summed E-state index contributed by atoms with van der Waals surface area (Å²) in [7, 11) is 0. The van der Waals surface area contributed by atoms with E-state index < -0.39 is 0 Å². The van der Waals surface area contributed by atoms with Crippen molar-refractivity contribution in [3.05, 3.63) is 28.8 Å². The van der Waals surface area contributed by atoms with Gasteiger partial charge in [0.2, 0.25) is 0 Å². The SMILES string of the molecule is Sc1ccc(C2CCNCC2)c(Cl)c1. The van der Waals surface area contributed by atoms with E-state index in [-0.39, 0.29) is 0 Å². The summed E-state index contributed by atoms with van der Waals surface area (Å²) in [6, 6.07) is 6.06. The topological polar surface area (TPSA) is 12.0 Å². The van der Waals surface area contributed by atoms with E-state index in [1.165, 1.54) is 18.4 Å². The Bertz CT molecular complexity index is 321. The summed E-state index contributed by atoms with van der Waals surface area (Å²) in [6.45, 7) is 2.20. The van der Waals surface area contributed by atoms with E-state index in [9.17, 15) is 0 Å². The summed E-state index contributed by atoms with van der Waals surface area (Å²) in [5.41, 5.74) is 1.28. The zero-order valence-corrected chi connectivity index (χ0v) is 9.61. The maximum Gasteiger partial charge on any atom is 0.0451 e. The van der Waals surface area contributed by atoms with Gasteiger partial charge in [-0.15, -0.1) is 12.6 Å². The van der Waals surface area contributed by atoms with Gasteiger partial charge in [-0.3, -0.25) is 0 Å².